The van der Waals surface area contributed by atoms with E-state index in [0.717, 1.165) is 5.56 Å². The largest absolute Gasteiger partial charge is 0.388 e. The molecule has 8 heteroatoms. The Balaban J connectivity index is 2.00. The lowest BCUT2D eigenvalue weighted by Crippen LogP contribution is -2.52. The number of hydrogen-bond acceptors (Lipinski definition) is 6. The smallest absolute Gasteiger partial charge is 0.379 e. The average molecular weight is 417 g/mol. The van der Waals surface area contributed by atoms with Gasteiger partial charge in [-0.1, -0.05) is 60.7 Å². The highest BCUT2D eigenvalue weighted by molar-refractivity contribution is 5.50. The third-order valence-corrected chi connectivity index (χ3v) is 5.68. The lowest BCUT2D eigenvalue weighted by Gasteiger charge is -2.40. The van der Waals surface area contributed by atoms with Crippen LogP contribution in [0.4, 0.5) is 5.82 Å². The third kappa shape index (κ3) is 3.69. The van der Waals surface area contributed by atoms with Crippen molar-refractivity contribution in [2.45, 2.75) is 19.0 Å². The second-order valence-electron chi connectivity index (χ2n) is 7.45. The summed E-state index contributed by atoms with van der Waals surface area (Å²) in [6, 6.07) is 21.4. The normalized spacial score (nSPS) is 16.4. The van der Waals surface area contributed by atoms with Crippen molar-refractivity contribution in [1.29, 1.82) is 5.26 Å². The minimum absolute atomic E-state index is 0.287. The van der Waals surface area contributed by atoms with Crippen molar-refractivity contribution in [3.05, 3.63) is 93.4 Å². The van der Waals surface area contributed by atoms with Crippen LogP contribution in [0.5, 0.6) is 0 Å². The number of aryl methyl sites for hydroxylation is 1. The zero-order valence-electron chi connectivity index (χ0n) is 17.3. The molecule has 0 saturated carbocycles. The Morgan fingerprint density at radius 2 is 1.74 bits per heavy atom. The first-order valence-corrected chi connectivity index (χ1v) is 10.1. The van der Waals surface area contributed by atoms with E-state index in [0.29, 0.717) is 44.2 Å². The quantitative estimate of drug-likeness (QED) is 0.451. The zero-order valence-corrected chi connectivity index (χ0v) is 17.3. The van der Waals surface area contributed by atoms with Gasteiger partial charge in [-0.25, -0.2) is 0 Å². The van der Waals surface area contributed by atoms with Crippen molar-refractivity contribution in [3.8, 4) is 6.07 Å². The Labute approximate surface area is 180 Å². The van der Waals surface area contributed by atoms with Crippen molar-refractivity contribution < 1.29 is 9.66 Å². The Hall–Kier alpha value is -3.54. The van der Waals surface area contributed by atoms with E-state index in [2.05, 4.69) is 11.1 Å². The van der Waals surface area contributed by atoms with Crippen LogP contribution < -0.4 is 0 Å². The molecule has 3 aromatic rings. The molecular formula is C23H23N5O3. The Morgan fingerprint density at radius 1 is 1.13 bits per heavy atom. The van der Waals surface area contributed by atoms with Gasteiger partial charge in [-0.3, -0.25) is 9.47 Å². The zero-order chi connectivity index (χ0) is 21.8. The standard InChI is InChI=1S/C23H23N5O3/c1-18-25-22(28(29)30)21(27(18)16-19-8-4-2-5-9-19)23(17-24,20-10-6-3-7-11-20)26-12-14-31-15-13-26/h2-11H,12-16H2,1H3. The number of hydrogen-bond donors (Lipinski definition) is 0. The number of nitriles is 1. The van der Waals surface area contributed by atoms with Gasteiger partial charge in [0.1, 0.15) is 0 Å². The topological polar surface area (TPSA) is 97.2 Å². The first kappa shape index (κ1) is 20.7. The molecule has 0 radical (unpaired) electrons. The van der Waals surface area contributed by atoms with Gasteiger partial charge >= 0.3 is 5.82 Å². The van der Waals surface area contributed by atoms with Crippen LogP contribution in [0, 0.1) is 28.4 Å². The molecule has 0 aliphatic carbocycles. The fourth-order valence-corrected chi connectivity index (χ4v) is 4.23. The van der Waals surface area contributed by atoms with Gasteiger partial charge in [0.25, 0.3) is 0 Å². The number of imidazole rings is 1. The molecule has 2 aromatic carbocycles. The van der Waals surface area contributed by atoms with Gasteiger partial charge in [-0.05, 0) is 21.0 Å². The fourth-order valence-electron chi connectivity index (χ4n) is 4.23. The first-order valence-electron chi connectivity index (χ1n) is 10.1. The van der Waals surface area contributed by atoms with Crippen LogP contribution in [-0.4, -0.2) is 45.7 Å². The predicted molar refractivity (Wildman–Crippen MR) is 114 cm³/mol. The lowest BCUT2D eigenvalue weighted by molar-refractivity contribution is -0.390. The number of nitrogens with zero attached hydrogens (tertiary/aromatic N) is 5. The van der Waals surface area contributed by atoms with E-state index in [-0.39, 0.29) is 11.5 Å². The Morgan fingerprint density at radius 3 is 2.32 bits per heavy atom. The number of aromatic nitrogens is 2. The molecule has 0 bridgehead atoms. The molecule has 0 amide bonds. The molecule has 1 unspecified atom stereocenters. The minimum atomic E-state index is -1.37. The summed E-state index contributed by atoms with van der Waals surface area (Å²) >= 11 is 0. The summed E-state index contributed by atoms with van der Waals surface area (Å²) in [5, 5.41) is 22.7. The molecule has 1 atom stereocenters. The van der Waals surface area contributed by atoms with Gasteiger partial charge in [0.05, 0.1) is 25.8 Å². The first-order chi connectivity index (χ1) is 15.1. The third-order valence-electron chi connectivity index (χ3n) is 5.68. The van der Waals surface area contributed by atoms with Gasteiger partial charge in [0.15, 0.2) is 11.2 Å². The molecule has 8 nitrogen and oxygen atoms in total. The molecule has 158 valence electrons. The van der Waals surface area contributed by atoms with E-state index in [1.54, 1.807) is 11.5 Å². The van der Waals surface area contributed by atoms with Crippen molar-refractivity contribution in [2.24, 2.45) is 0 Å². The van der Waals surface area contributed by atoms with Crippen molar-refractivity contribution >= 4 is 5.82 Å². The fraction of sp³-hybridized carbons (Fsp3) is 0.304. The van der Waals surface area contributed by atoms with Crippen LogP contribution in [0.2, 0.25) is 0 Å². The summed E-state index contributed by atoms with van der Waals surface area (Å²) in [5.41, 5.74) is 0.566. The average Bonchev–Trinajstić information content (AvgIpc) is 3.14. The summed E-state index contributed by atoms with van der Waals surface area (Å²) in [7, 11) is 0. The van der Waals surface area contributed by atoms with E-state index >= 15 is 0 Å². The maximum atomic E-state index is 12.1. The minimum Gasteiger partial charge on any atom is -0.379 e. The second-order valence-corrected chi connectivity index (χ2v) is 7.45. The number of nitro groups is 1. The molecule has 31 heavy (non-hydrogen) atoms. The van der Waals surface area contributed by atoms with Crippen molar-refractivity contribution in [1.82, 2.24) is 14.5 Å². The summed E-state index contributed by atoms with van der Waals surface area (Å²) in [4.78, 5) is 17.9. The Kier molecular flexibility index (Phi) is 5.80. The number of ether oxygens (including phenoxy) is 1. The highest BCUT2D eigenvalue weighted by Crippen LogP contribution is 2.41. The lowest BCUT2D eigenvalue weighted by atomic mass is 9.85. The summed E-state index contributed by atoms with van der Waals surface area (Å²) in [5.74, 6) is 0.208. The van der Waals surface area contributed by atoms with E-state index in [1.807, 2.05) is 65.6 Å². The molecule has 0 N–H and O–H groups in total. The van der Waals surface area contributed by atoms with Crippen LogP contribution in [0.1, 0.15) is 22.6 Å². The molecule has 1 fully saturated rings. The van der Waals surface area contributed by atoms with Crippen LogP contribution >= 0.6 is 0 Å². The second kappa shape index (κ2) is 8.68. The summed E-state index contributed by atoms with van der Waals surface area (Å²) in [6.45, 7) is 3.99. The molecule has 1 aliphatic rings. The molecule has 1 aromatic heterocycles. The maximum Gasteiger partial charge on any atom is 0.388 e. The predicted octanol–water partition coefficient (Wildman–Crippen LogP) is 3.25. The monoisotopic (exact) mass is 417 g/mol. The van der Waals surface area contributed by atoms with Gasteiger partial charge in [0.2, 0.25) is 5.82 Å². The molecule has 1 saturated heterocycles. The van der Waals surface area contributed by atoms with Gasteiger partial charge < -0.3 is 14.9 Å². The van der Waals surface area contributed by atoms with E-state index in [1.165, 1.54) is 0 Å². The van der Waals surface area contributed by atoms with Crippen molar-refractivity contribution in [2.75, 3.05) is 26.3 Å². The summed E-state index contributed by atoms with van der Waals surface area (Å²) in [6.07, 6.45) is 0. The highest BCUT2D eigenvalue weighted by Gasteiger charge is 2.50. The maximum absolute atomic E-state index is 12.1. The molecule has 4 rings (SSSR count). The van der Waals surface area contributed by atoms with E-state index in [9.17, 15) is 15.4 Å². The molecular weight excluding hydrogens is 394 g/mol. The van der Waals surface area contributed by atoms with Crippen LogP contribution in [0.3, 0.4) is 0 Å². The van der Waals surface area contributed by atoms with Gasteiger partial charge in [-0.15, -0.1) is 0 Å². The summed E-state index contributed by atoms with van der Waals surface area (Å²) < 4.78 is 7.32. The number of benzene rings is 2. The van der Waals surface area contributed by atoms with Gasteiger partial charge in [0, 0.05) is 20.0 Å². The van der Waals surface area contributed by atoms with Crippen LogP contribution in [0.25, 0.3) is 0 Å². The van der Waals surface area contributed by atoms with Crippen molar-refractivity contribution in [3.63, 3.8) is 0 Å². The van der Waals surface area contributed by atoms with E-state index in [4.69, 9.17) is 4.74 Å². The number of morpholine rings is 1. The van der Waals surface area contributed by atoms with Crippen LogP contribution in [-0.2, 0) is 16.8 Å². The van der Waals surface area contributed by atoms with Gasteiger partial charge in [-0.2, -0.15) is 5.26 Å². The SMILES string of the molecule is Cc1nc([N+](=O)[O-])c(C(C#N)(c2ccccc2)N2CCOCC2)n1Cc1ccccc1. The molecule has 1 aliphatic heterocycles. The van der Waals surface area contributed by atoms with Crippen LogP contribution in [0.15, 0.2) is 60.7 Å². The highest BCUT2D eigenvalue weighted by atomic mass is 16.6. The molecule has 2 heterocycles. The van der Waals surface area contributed by atoms with E-state index < -0.39 is 10.5 Å². The number of rotatable bonds is 6. The Bertz CT molecular complexity index is 1100. The molecule has 0 spiro atoms.